The third-order valence-electron chi connectivity index (χ3n) is 5.52. The molecule has 1 aliphatic rings. The lowest BCUT2D eigenvalue weighted by molar-refractivity contribution is -0.141. The molecule has 2 aromatic rings. The van der Waals surface area contributed by atoms with Crippen LogP contribution in [-0.4, -0.2) is 45.4 Å². The van der Waals surface area contributed by atoms with Crippen molar-refractivity contribution in [1.29, 1.82) is 0 Å². The Morgan fingerprint density at radius 1 is 1.29 bits per heavy atom. The number of carbonyl (C=O) groups is 1. The Morgan fingerprint density at radius 2 is 2.00 bits per heavy atom. The number of aromatic nitrogens is 2. The normalized spacial score (nSPS) is 18.8. The molecule has 0 aliphatic heterocycles. The van der Waals surface area contributed by atoms with Crippen LogP contribution in [0.1, 0.15) is 50.2 Å². The van der Waals surface area contributed by atoms with E-state index >= 15 is 0 Å². The summed E-state index contributed by atoms with van der Waals surface area (Å²) in [5.41, 5.74) is 1.90. The minimum absolute atomic E-state index is 0.132. The number of rotatable bonds is 7. The summed E-state index contributed by atoms with van der Waals surface area (Å²) in [6.07, 6.45) is 6.54. The van der Waals surface area contributed by atoms with E-state index in [1.54, 1.807) is 19.1 Å². The van der Waals surface area contributed by atoms with Gasteiger partial charge in [-0.2, -0.15) is 5.10 Å². The summed E-state index contributed by atoms with van der Waals surface area (Å²) >= 11 is 0. The van der Waals surface area contributed by atoms with Gasteiger partial charge in [0.25, 0.3) is 0 Å². The second kappa shape index (κ2) is 11.0. The minimum atomic E-state index is -0.651. The minimum Gasteiger partial charge on any atom is -0.481 e. The summed E-state index contributed by atoms with van der Waals surface area (Å²) in [5.74, 6) is -0.578. The summed E-state index contributed by atoms with van der Waals surface area (Å²) in [7, 11) is 0. The van der Waals surface area contributed by atoms with Crippen LogP contribution in [0.3, 0.4) is 0 Å². The summed E-state index contributed by atoms with van der Waals surface area (Å²) in [4.78, 5) is 13.4. The lowest BCUT2D eigenvalue weighted by Crippen LogP contribution is -2.27. The van der Waals surface area contributed by atoms with Gasteiger partial charge in [-0.15, -0.1) is 0 Å². The van der Waals surface area contributed by atoms with Crippen molar-refractivity contribution in [2.45, 2.75) is 52.5 Å². The summed E-state index contributed by atoms with van der Waals surface area (Å²) < 4.78 is 14.3. The van der Waals surface area contributed by atoms with Crippen LogP contribution < -0.4 is 0 Å². The van der Waals surface area contributed by atoms with Crippen molar-refractivity contribution in [1.82, 2.24) is 14.7 Å². The van der Waals surface area contributed by atoms with Crippen LogP contribution in [0.2, 0.25) is 0 Å². The van der Waals surface area contributed by atoms with Gasteiger partial charge in [-0.3, -0.25) is 9.48 Å². The van der Waals surface area contributed by atoms with Gasteiger partial charge in [0.1, 0.15) is 5.82 Å². The number of benzene rings is 1. The van der Waals surface area contributed by atoms with E-state index in [9.17, 15) is 9.18 Å². The third kappa shape index (κ3) is 6.44. The molecule has 0 spiro atoms. The highest BCUT2D eigenvalue weighted by molar-refractivity contribution is 5.70. The standard InChI is InChI=1S/C15H25N3O2.C7H7F/c1-3-17(4-2)7-8-18-11-14(10-16-18)12-5-6-13(9-12)15(19)20;1-6-4-2-3-5-7(6)8/h10-13H,3-9H2,1-2H3,(H,19,20);2-5H,1H3. The van der Waals surface area contributed by atoms with Crippen molar-refractivity contribution in [3.05, 3.63) is 53.6 Å². The first kappa shape index (κ1) is 22.1. The molecule has 1 aliphatic carbocycles. The number of nitrogens with zero attached hydrogens (tertiary/aromatic N) is 3. The first-order valence-electron chi connectivity index (χ1n) is 10.1. The second-order valence-electron chi connectivity index (χ2n) is 7.36. The first-order chi connectivity index (χ1) is 13.4. The Balaban J connectivity index is 0.000000292. The average molecular weight is 390 g/mol. The van der Waals surface area contributed by atoms with Gasteiger partial charge in [0.15, 0.2) is 0 Å². The first-order valence-corrected chi connectivity index (χ1v) is 10.1. The quantitative estimate of drug-likeness (QED) is 0.766. The second-order valence-corrected chi connectivity index (χ2v) is 7.36. The van der Waals surface area contributed by atoms with Gasteiger partial charge in [0, 0.05) is 12.7 Å². The van der Waals surface area contributed by atoms with E-state index in [4.69, 9.17) is 5.11 Å². The molecular weight excluding hydrogens is 357 g/mol. The molecule has 28 heavy (non-hydrogen) atoms. The maximum atomic E-state index is 12.3. The number of carboxylic acids is 1. The van der Waals surface area contributed by atoms with Gasteiger partial charge in [0.05, 0.1) is 18.7 Å². The molecule has 2 unspecified atom stereocenters. The molecule has 2 atom stereocenters. The molecule has 1 heterocycles. The highest BCUT2D eigenvalue weighted by atomic mass is 19.1. The maximum Gasteiger partial charge on any atom is 0.306 e. The Morgan fingerprint density at radius 3 is 2.54 bits per heavy atom. The zero-order chi connectivity index (χ0) is 20.5. The lowest BCUT2D eigenvalue weighted by Gasteiger charge is -2.17. The van der Waals surface area contributed by atoms with Crippen molar-refractivity contribution in [3.63, 3.8) is 0 Å². The Hall–Kier alpha value is -2.21. The summed E-state index contributed by atoms with van der Waals surface area (Å²) in [6, 6.07) is 6.70. The van der Waals surface area contributed by atoms with E-state index in [0.717, 1.165) is 45.4 Å². The van der Waals surface area contributed by atoms with Crippen LogP contribution in [-0.2, 0) is 11.3 Å². The number of likely N-dealkylation sites (N-methyl/N-ethyl adjacent to an activating group) is 1. The molecule has 3 rings (SSSR count). The molecule has 1 aromatic heterocycles. The van der Waals surface area contributed by atoms with E-state index in [1.807, 2.05) is 16.9 Å². The van der Waals surface area contributed by atoms with Crippen molar-refractivity contribution in [2.24, 2.45) is 5.92 Å². The van der Waals surface area contributed by atoms with E-state index in [2.05, 4.69) is 30.0 Å². The molecule has 1 saturated carbocycles. The fourth-order valence-corrected chi connectivity index (χ4v) is 3.56. The number of carboxylic acid groups (broad SMARTS) is 1. The highest BCUT2D eigenvalue weighted by Crippen LogP contribution is 2.38. The van der Waals surface area contributed by atoms with E-state index in [1.165, 1.54) is 11.6 Å². The number of halogens is 1. The molecule has 5 nitrogen and oxygen atoms in total. The zero-order valence-electron chi connectivity index (χ0n) is 17.1. The van der Waals surface area contributed by atoms with Gasteiger partial charge < -0.3 is 10.0 Å². The molecule has 1 N–H and O–H groups in total. The van der Waals surface area contributed by atoms with Crippen molar-refractivity contribution in [2.75, 3.05) is 19.6 Å². The smallest absolute Gasteiger partial charge is 0.306 e. The maximum absolute atomic E-state index is 12.3. The van der Waals surface area contributed by atoms with Gasteiger partial charge in [0.2, 0.25) is 0 Å². The molecule has 1 fully saturated rings. The van der Waals surface area contributed by atoms with Gasteiger partial charge in [-0.25, -0.2) is 4.39 Å². The van der Waals surface area contributed by atoms with Crippen molar-refractivity contribution < 1.29 is 14.3 Å². The van der Waals surface area contributed by atoms with E-state index in [-0.39, 0.29) is 11.7 Å². The Bertz CT molecular complexity index is 722. The predicted octanol–water partition coefficient (Wildman–Crippen LogP) is 4.33. The average Bonchev–Trinajstić information content (AvgIpc) is 3.35. The van der Waals surface area contributed by atoms with Crippen LogP contribution in [0.15, 0.2) is 36.7 Å². The van der Waals surface area contributed by atoms with Gasteiger partial charge in [-0.05, 0) is 62.4 Å². The van der Waals surface area contributed by atoms with Crippen molar-refractivity contribution >= 4 is 5.97 Å². The van der Waals surface area contributed by atoms with Crippen molar-refractivity contribution in [3.8, 4) is 0 Å². The highest BCUT2D eigenvalue weighted by Gasteiger charge is 2.31. The molecule has 0 amide bonds. The molecule has 1 aromatic carbocycles. The summed E-state index contributed by atoms with van der Waals surface area (Å²) in [5, 5.41) is 13.5. The van der Waals surface area contributed by atoms with Crippen LogP contribution in [0, 0.1) is 18.7 Å². The van der Waals surface area contributed by atoms with E-state index in [0.29, 0.717) is 11.5 Å². The van der Waals surface area contributed by atoms with Crippen LogP contribution in [0.5, 0.6) is 0 Å². The zero-order valence-corrected chi connectivity index (χ0v) is 17.1. The number of hydrogen-bond acceptors (Lipinski definition) is 3. The van der Waals surface area contributed by atoms with E-state index < -0.39 is 5.97 Å². The van der Waals surface area contributed by atoms with Crippen LogP contribution >= 0.6 is 0 Å². The fourth-order valence-electron chi connectivity index (χ4n) is 3.56. The molecule has 0 radical (unpaired) electrons. The van der Waals surface area contributed by atoms with Gasteiger partial charge in [-0.1, -0.05) is 32.0 Å². The molecule has 6 heteroatoms. The number of hydrogen-bond donors (Lipinski definition) is 1. The monoisotopic (exact) mass is 389 g/mol. The predicted molar refractivity (Wildman–Crippen MR) is 109 cm³/mol. The SMILES string of the molecule is CCN(CC)CCn1cc(C2CCC(C(=O)O)C2)cn1.Cc1ccccc1F. The lowest BCUT2D eigenvalue weighted by atomic mass is 9.99. The topological polar surface area (TPSA) is 58.4 Å². The molecule has 154 valence electrons. The molecule has 0 saturated heterocycles. The van der Waals surface area contributed by atoms with Crippen LogP contribution in [0.25, 0.3) is 0 Å². The molecule has 0 bridgehead atoms. The summed E-state index contributed by atoms with van der Waals surface area (Å²) in [6.45, 7) is 10.1. The Labute approximate surface area is 167 Å². The largest absolute Gasteiger partial charge is 0.481 e. The number of aliphatic carboxylic acids is 1. The Kier molecular flexibility index (Phi) is 8.64. The molecular formula is C22H32FN3O2. The fraction of sp³-hybridized carbons (Fsp3) is 0.545. The number of aryl methyl sites for hydroxylation is 1. The van der Waals surface area contributed by atoms with Gasteiger partial charge >= 0.3 is 5.97 Å². The van der Waals surface area contributed by atoms with Crippen LogP contribution in [0.4, 0.5) is 4.39 Å². The third-order valence-corrected chi connectivity index (χ3v) is 5.52.